The molecular weight excluding hydrogens is 364 g/mol. The van der Waals surface area contributed by atoms with Gasteiger partial charge < -0.3 is 22.1 Å². The van der Waals surface area contributed by atoms with Crippen LogP contribution in [0.5, 0.6) is 0 Å². The lowest BCUT2D eigenvalue weighted by Gasteiger charge is -2.09. The van der Waals surface area contributed by atoms with Crippen LogP contribution >= 0.6 is 11.3 Å². The van der Waals surface area contributed by atoms with E-state index in [0.29, 0.717) is 39.8 Å². The first-order valence-corrected chi connectivity index (χ1v) is 8.92. The Labute approximate surface area is 159 Å². The Bertz CT molecular complexity index is 983. The minimum Gasteiger partial charge on any atom is -0.405 e. The molecule has 3 rings (SSSR count). The Balaban J connectivity index is 1.77. The fourth-order valence-corrected chi connectivity index (χ4v) is 3.02. The topological polar surface area (TPSA) is 145 Å². The molecule has 0 saturated carbocycles. The van der Waals surface area contributed by atoms with E-state index >= 15 is 0 Å². The summed E-state index contributed by atoms with van der Waals surface area (Å²) in [5.41, 5.74) is 13.3. The predicted molar refractivity (Wildman–Crippen MR) is 105 cm³/mol. The molecule has 138 valence electrons. The second kappa shape index (κ2) is 8.72. The molecule has 0 bridgehead atoms. The van der Waals surface area contributed by atoms with E-state index in [2.05, 4.69) is 30.8 Å². The highest BCUT2D eigenvalue weighted by Gasteiger charge is 2.16. The number of hydrogen-bond acceptors (Lipinski definition) is 9. The first-order valence-electron chi connectivity index (χ1n) is 8.04. The number of carbonyl (C=O) groups excluding carboxylic acids is 1. The Kier molecular flexibility index (Phi) is 5.90. The molecule has 3 aromatic rings. The van der Waals surface area contributed by atoms with E-state index in [-0.39, 0.29) is 12.5 Å². The number of rotatable bonds is 7. The molecule has 0 unspecified atom stereocenters. The van der Waals surface area contributed by atoms with E-state index in [1.54, 1.807) is 30.5 Å². The molecule has 0 aliphatic heterocycles. The molecule has 1 amide bonds. The zero-order valence-electron chi connectivity index (χ0n) is 14.3. The number of hydrogen-bond donors (Lipinski definition) is 4. The van der Waals surface area contributed by atoms with Crippen LogP contribution in [0.15, 0.2) is 53.8 Å². The van der Waals surface area contributed by atoms with Crippen molar-refractivity contribution in [2.24, 2.45) is 11.5 Å². The molecule has 3 aromatic heterocycles. The lowest BCUT2D eigenvalue weighted by Crippen LogP contribution is -2.25. The Morgan fingerprint density at radius 3 is 2.96 bits per heavy atom. The van der Waals surface area contributed by atoms with Gasteiger partial charge in [-0.3, -0.25) is 4.79 Å². The van der Waals surface area contributed by atoms with E-state index in [1.165, 1.54) is 17.5 Å². The lowest BCUT2D eigenvalue weighted by molar-refractivity contribution is 0.0947. The summed E-state index contributed by atoms with van der Waals surface area (Å²) in [6.07, 6.45) is 6.27. The third-order valence-electron chi connectivity index (χ3n) is 3.45. The maximum Gasteiger partial charge on any atom is 0.271 e. The summed E-state index contributed by atoms with van der Waals surface area (Å²) in [6, 6.07) is 5.38. The number of nitrogens with two attached hydrogens (primary N) is 2. The van der Waals surface area contributed by atoms with Crippen LogP contribution < -0.4 is 22.1 Å². The average molecular weight is 382 g/mol. The molecule has 0 aliphatic carbocycles. The average Bonchev–Trinajstić information content (AvgIpc) is 3.17. The van der Waals surface area contributed by atoms with Crippen molar-refractivity contribution in [1.82, 2.24) is 25.5 Å². The summed E-state index contributed by atoms with van der Waals surface area (Å²) in [7, 11) is 0. The zero-order chi connectivity index (χ0) is 19.1. The van der Waals surface area contributed by atoms with Crippen molar-refractivity contribution in [3.8, 4) is 0 Å². The van der Waals surface area contributed by atoms with Crippen LogP contribution in [0.3, 0.4) is 0 Å². The molecule has 0 radical (unpaired) electrons. The van der Waals surface area contributed by atoms with Gasteiger partial charge in [0, 0.05) is 11.9 Å². The molecule has 0 aliphatic rings. The Morgan fingerprint density at radius 1 is 1.30 bits per heavy atom. The van der Waals surface area contributed by atoms with E-state index in [0.717, 1.165) is 0 Å². The first kappa shape index (κ1) is 18.3. The predicted octanol–water partition coefficient (Wildman–Crippen LogP) is 1.14. The molecule has 0 saturated heterocycles. The van der Waals surface area contributed by atoms with Gasteiger partial charge in [0.1, 0.15) is 0 Å². The van der Waals surface area contributed by atoms with Gasteiger partial charge in [0.2, 0.25) is 5.95 Å². The number of allylic oxidation sites excluding steroid dienone is 2. The fourth-order valence-electron chi connectivity index (χ4n) is 2.20. The van der Waals surface area contributed by atoms with Gasteiger partial charge in [-0.05, 0) is 41.9 Å². The molecule has 0 spiro atoms. The van der Waals surface area contributed by atoms with Crippen LogP contribution in [-0.4, -0.2) is 32.6 Å². The van der Waals surface area contributed by atoms with Crippen molar-refractivity contribution in [3.63, 3.8) is 0 Å². The standard InChI is InChI=1S/C17H18N8OS/c18-6-1-3-11(19)9-21-17-23-13-5-8-27-15(13)14(24-17)16(26)20-10-12-4-2-7-22-25-12/h1-8H,9-10,18-19H2,(H,20,26)(H,21,23,24)/b6-1-,11-3-. The van der Waals surface area contributed by atoms with Gasteiger partial charge in [-0.25, -0.2) is 9.97 Å². The molecule has 0 fully saturated rings. The van der Waals surface area contributed by atoms with Gasteiger partial charge in [0.15, 0.2) is 5.69 Å². The maximum absolute atomic E-state index is 12.6. The number of aromatic nitrogens is 4. The summed E-state index contributed by atoms with van der Waals surface area (Å²) >= 11 is 1.41. The number of amides is 1. The van der Waals surface area contributed by atoms with Gasteiger partial charge in [-0.1, -0.05) is 0 Å². The number of thiophene rings is 1. The van der Waals surface area contributed by atoms with Crippen LogP contribution in [0.4, 0.5) is 5.95 Å². The quantitative estimate of drug-likeness (QED) is 0.445. The summed E-state index contributed by atoms with van der Waals surface area (Å²) < 4.78 is 0.715. The van der Waals surface area contributed by atoms with Gasteiger partial charge >= 0.3 is 0 Å². The number of fused-ring (bicyclic) bond motifs is 1. The van der Waals surface area contributed by atoms with Crippen molar-refractivity contribution in [2.45, 2.75) is 6.54 Å². The SMILES string of the molecule is N/C=C\C=C(/N)CNc1nc(C(=O)NCc2cccnn2)c2sccc2n1. The third kappa shape index (κ3) is 4.76. The molecule has 0 aromatic carbocycles. The summed E-state index contributed by atoms with van der Waals surface area (Å²) in [5, 5.41) is 15.4. The van der Waals surface area contributed by atoms with Gasteiger partial charge in [-0.2, -0.15) is 10.2 Å². The van der Waals surface area contributed by atoms with Gasteiger partial charge in [0.25, 0.3) is 5.91 Å². The highest BCUT2D eigenvalue weighted by molar-refractivity contribution is 7.17. The molecule has 27 heavy (non-hydrogen) atoms. The van der Waals surface area contributed by atoms with E-state index in [4.69, 9.17) is 11.5 Å². The highest BCUT2D eigenvalue weighted by atomic mass is 32.1. The van der Waals surface area contributed by atoms with E-state index in [9.17, 15) is 4.79 Å². The van der Waals surface area contributed by atoms with Gasteiger partial charge in [-0.15, -0.1) is 11.3 Å². The van der Waals surface area contributed by atoms with Crippen molar-refractivity contribution in [2.75, 3.05) is 11.9 Å². The Morgan fingerprint density at radius 2 is 2.19 bits per heavy atom. The van der Waals surface area contributed by atoms with Crippen molar-refractivity contribution in [1.29, 1.82) is 0 Å². The molecular formula is C17H18N8OS. The lowest BCUT2D eigenvalue weighted by atomic mass is 10.3. The number of anilines is 1. The van der Waals surface area contributed by atoms with Crippen molar-refractivity contribution >= 4 is 33.4 Å². The van der Waals surface area contributed by atoms with Crippen LogP contribution in [-0.2, 0) is 6.54 Å². The zero-order valence-corrected chi connectivity index (χ0v) is 15.1. The summed E-state index contributed by atoms with van der Waals surface area (Å²) in [4.78, 5) is 21.4. The van der Waals surface area contributed by atoms with Crippen LogP contribution in [0.25, 0.3) is 10.2 Å². The third-order valence-corrected chi connectivity index (χ3v) is 4.36. The van der Waals surface area contributed by atoms with Crippen molar-refractivity contribution in [3.05, 3.63) is 65.2 Å². The maximum atomic E-state index is 12.6. The molecule has 0 atom stereocenters. The first-order chi connectivity index (χ1) is 13.2. The summed E-state index contributed by atoms with van der Waals surface area (Å²) in [6.45, 7) is 0.577. The smallest absolute Gasteiger partial charge is 0.271 e. The van der Waals surface area contributed by atoms with Gasteiger partial charge in [0.05, 0.1) is 29.0 Å². The highest BCUT2D eigenvalue weighted by Crippen LogP contribution is 2.23. The van der Waals surface area contributed by atoms with Crippen LogP contribution in [0.1, 0.15) is 16.2 Å². The second-order valence-corrected chi connectivity index (χ2v) is 6.32. The minimum atomic E-state index is -0.312. The minimum absolute atomic E-state index is 0.257. The number of nitrogens with zero attached hydrogens (tertiary/aromatic N) is 4. The van der Waals surface area contributed by atoms with E-state index < -0.39 is 0 Å². The summed E-state index contributed by atoms with van der Waals surface area (Å²) in [5.74, 6) is 0.00626. The molecule has 3 heterocycles. The van der Waals surface area contributed by atoms with Crippen molar-refractivity contribution < 1.29 is 4.79 Å². The fraction of sp³-hybridized carbons (Fsp3) is 0.118. The van der Waals surface area contributed by atoms with Crippen LogP contribution in [0.2, 0.25) is 0 Å². The second-order valence-electron chi connectivity index (χ2n) is 5.41. The molecule has 10 heteroatoms. The normalized spacial score (nSPS) is 11.8. The largest absolute Gasteiger partial charge is 0.405 e. The monoisotopic (exact) mass is 382 g/mol. The Hall–Kier alpha value is -3.53. The number of nitrogens with one attached hydrogen (secondary N) is 2. The molecule has 9 nitrogen and oxygen atoms in total. The molecule has 6 N–H and O–H groups in total. The van der Waals surface area contributed by atoms with Crippen LogP contribution in [0, 0.1) is 0 Å². The van der Waals surface area contributed by atoms with E-state index in [1.807, 2.05) is 11.4 Å². The number of carbonyl (C=O) groups is 1.